The minimum atomic E-state index is 0. The topological polar surface area (TPSA) is 110 Å². The predicted molar refractivity (Wildman–Crippen MR) is 115 cm³/mol. The number of aromatic nitrogens is 6. The third-order valence-electron chi connectivity index (χ3n) is 5.05. The van der Waals surface area contributed by atoms with E-state index in [1.165, 1.54) is 0 Å². The number of hydrogen-bond donors (Lipinski definition) is 3. The van der Waals surface area contributed by atoms with Gasteiger partial charge in [0.2, 0.25) is 5.95 Å². The van der Waals surface area contributed by atoms with Gasteiger partial charge in [-0.2, -0.15) is 9.97 Å². The van der Waals surface area contributed by atoms with Gasteiger partial charge in [-0.15, -0.1) is 24.8 Å². The first-order chi connectivity index (χ1) is 12.8. The Kier molecular flexibility index (Phi) is 6.02. The zero-order valence-electron chi connectivity index (χ0n) is 15.1. The molecule has 0 bridgehead atoms. The number of benzene rings is 1. The van der Waals surface area contributed by atoms with Gasteiger partial charge in [0, 0.05) is 12.1 Å². The molecule has 8 nitrogen and oxygen atoms in total. The van der Waals surface area contributed by atoms with Crippen molar-refractivity contribution in [3.8, 4) is 5.82 Å². The van der Waals surface area contributed by atoms with Gasteiger partial charge in [0.1, 0.15) is 6.33 Å². The molecule has 0 amide bonds. The number of H-pyrrole nitrogens is 1. The lowest BCUT2D eigenvalue weighted by Crippen LogP contribution is -2.33. The summed E-state index contributed by atoms with van der Waals surface area (Å²) in [5.41, 5.74) is 9.36. The van der Waals surface area contributed by atoms with Crippen molar-refractivity contribution in [1.29, 1.82) is 0 Å². The van der Waals surface area contributed by atoms with Gasteiger partial charge in [-0.1, -0.05) is 12.1 Å². The van der Waals surface area contributed by atoms with Crippen LogP contribution in [0.5, 0.6) is 0 Å². The van der Waals surface area contributed by atoms with Crippen molar-refractivity contribution in [3.63, 3.8) is 0 Å². The van der Waals surface area contributed by atoms with Crippen molar-refractivity contribution in [2.75, 3.05) is 5.32 Å². The summed E-state index contributed by atoms with van der Waals surface area (Å²) in [7, 11) is 0. The molecule has 1 fully saturated rings. The molecule has 1 saturated carbocycles. The Morgan fingerprint density at radius 2 is 1.82 bits per heavy atom. The molecular weight excluding hydrogens is 399 g/mol. The second-order valence-corrected chi connectivity index (χ2v) is 6.83. The number of fused-ring (bicyclic) bond motifs is 2. The van der Waals surface area contributed by atoms with Crippen molar-refractivity contribution >= 4 is 53.0 Å². The molecule has 0 spiro atoms. The van der Waals surface area contributed by atoms with Crippen LogP contribution in [0.15, 0.2) is 36.9 Å². The summed E-state index contributed by atoms with van der Waals surface area (Å²) in [6.45, 7) is 0. The number of hydrogen-bond acceptors (Lipinski definition) is 6. The summed E-state index contributed by atoms with van der Waals surface area (Å²) in [5, 5.41) is 3.47. The van der Waals surface area contributed by atoms with E-state index in [0.29, 0.717) is 23.7 Å². The van der Waals surface area contributed by atoms with Crippen LogP contribution in [0.1, 0.15) is 25.7 Å². The fraction of sp³-hybridized carbons (Fsp3) is 0.333. The number of nitrogens with zero attached hydrogens (tertiary/aromatic N) is 5. The minimum absolute atomic E-state index is 0. The third-order valence-corrected chi connectivity index (χ3v) is 5.05. The van der Waals surface area contributed by atoms with E-state index in [2.05, 4.69) is 25.3 Å². The van der Waals surface area contributed by atoms with E-state index in [9.17, 15) is 0 Å². The molecule has 0 aliphatic heterocycles. The Morgan fingerprint density at radius 1 is 1.04 bits per heavy atom. The molecule has 4 N–H and O–H groups in total. The van der Waals surface area contributed by atoms with Crippen LogP contribution in [-0.2, 0) is 0 Å². The number of para-hydroxylation sites is 2. The molecule has 1 aliphatic carbocycles. The van der Waals surface area contributed by atoms with E-state index in [0.717, 1.165) is 48.1 Å². The summed E-state index contributed by atoms with van der Waals surface area (Å²) in [5.74, 6) is 1.33. The predicted octanol–water partition coefficient (Wildman–Crippen LogP) is 3.22. The van der Waals surface area contributed by atoms with Crippen LogP contribution >= 0.6 is 24.8 Å². The number of halogens is 2. The van der Waals surface area contributed by atoms with Crippen LogP contribution in [0.4, 0.5) is 5.95 Å². The Balaban J connectivity index is 0.00000112. The highest BCUT2D eigenvalue weighted by Crippen LogP contribution is 2.24. The summed E-state index contributed by atoms with van der Waals surface area (Å²) in [6, 6.07) is 8.65. The number of anilines is 1. The summed E-state index contributed by atoms with van der Waals surface area (Å²) in [4.78, 5) is 21.3. The molecule has 148 valence electrons. The summed E-state index contributed by atoms with van der Waals surface area (Å²) >= 11 is 0. The van der Waals surface area contributed by atoms with Crippen molar-refractivity contribution in [2.45, 2.75) is 37.8 Å². The second kappa shape index (κ2) is 8.30. The smallest absolute Gasteiger partial charge is 0.227 e. The Hall–Kier alpha value is -2.42. The van der Waals surface area contributed by atoms with E-state index < -0.39 is 0 Å². The van der Waals surface area contributed by atoms with Crippen molar-refractivity contribution in [1.82, 2.24) is 29.5 Å². The van der Waals surface area contributed by atoms with Crippen LogP contribution in [0.25, 0.3) is 28.0 Å². The number of imidazole rings is 2. The van der Waals surface area contributed by atoms with Gasteiger partial charge in [0.25, 0.3) is 0 Å². The Morgan fingerprint density at radius 3 is 2.64 bits per heavy atom. The second-order valence-electron chi connectivity index (χ2n) is 6.83. The van der Waals surface area contributed by atoms with Crippen molar-refractivity contribution in [3.05, 3.63) is 36.9 Å². The lowest BCUT2D eigenvalue weighted by Gasteiger charge is -2.26. The number of rotatable bonds is 3. The van der Waals surface area contributed by atoms with Gasteiger partial charge in [-0.3, -0.25) is 4.57 Å². The van der Waals surface area contributed by atoms with Crippen molar-refractivity contribution in [2.24, 2.45) is 5.73 Å². The molecule has 0 unspecified atom stereocenters. The average molecular weight is 421 g/mol. The van der Waals surface area contributed by atoms with Crippen LogP contribution in [0.3, 0.4) is 0 Å². The normalized spacial score (nSPS) is 19.2. The highest BCUT2D eigenvalue weighted by molar-refractivity contribution is 5.86. The zero-order valence-corrected chi connectivity index (χ0v) is 16.7. The number of nitrogens with one attached hydrogen (secondary N) is 2. The van der Waals surface area contributed by atoms with E-state index in [1.807, 2.05) is 28.8 Å². The van der Waals surface area contributed by atoms with E-state index in [1.54, 1.807) is 12.7 Å². The molecule has 10 heteroatoms. The highest BCUT2D eigenvalue weighted by Gasteiger charge is 2.20. The highest BCUT2D eigenvalue weighted by atomic mass is 35.5. The largest absolute Gasteiger partial charge is 0.351 e. The van der Waals surface area contributed by atoms with Gasteiger partial charge in [0.15, 0.2) is 17.0 Å². The Labute approximate surface area is 174 Å². The maximum absolute atomic E-state index is 6.01. The monoisotopic (exact) mass is 420 g/mol. The van der Waals surface area contributed by atoms with E-state index in [4.69, 9.17) is 10.7 Å². The Bertz CT molecular complexity index is 1070. The lowest BCUT2D eigenvalue weighted by molar-refractivity contribution is 0.410. The minimum Gasteiger partial charge on any atom is -0.351 e. The van der Waals surface area contributed by atoms with Gasteiger partial charge in [-0.25, -0.2) is 9.97 Å². The SMILES string of the molecule is Cl.Cl.NC1CCC(Nc2nc(-n3cnc4ccccc43)c3nc[nH]c3n2)CC1. The van der Waals surface area contributed by atoms with Crippen LogP contribution < -0.4 is 11.1 Å². The maximum atomic E-state index is 6.01. The molecule has 5 rings (SSSR count). The van der Waals surface area contributed by atoms with Gasteiger partial charge < -0.3 is 16.0 Å². The molecular formula is C18H22Cl2N8. The first-order valence-corrected chi connectivity index (χ1v) is 8.93. The molecule has 0 atom stereocenters. The molecule has 3 heterocycles. The first-order valence-electron chi connectivity index (χ1n) is 8.93. The molecule has 28 heavy (non-hydrogen) atoms. The molecule has 4 aromatic rings. The first kappa shape index (κ1) is 20.3. The summed E-state index contributed by atoms with van der Waals surface area (Å²) < 4.78 is 1.96. The zero-order chi connectivity index (χ0) is 17.5. The standard InChI is InChI=1S/C18H20N8.2ClH/c19-11-5-7-12(8-6-11)23-18-24-16-15(20-9-21-16)17(25-18)26-10-22-13-3-1-2-4-14(13)26;;/h1-4,9-12H,5-8,19H2,(H2,20,21,23,24,25);2*1H. The van der Waals surface area contributed by atoms with E-state index in [-0.39, 0.29) is 24.8 Å². The van der Waals surface area contributed by atoms with Gasteiger partial charge >= 0.3 is 0 Å². The fourth-order valence-electron chi connectivity index (χ4n) is 3.63. The number of aromatic amines is 1. The quantitative estimate of drug-likeness (QED) is 0.469. The molecule has 1 aliphatic rings. The number of nitrogens with two attached hydrogens (primary N) is 1. The average Bonchev–Trinajstić information content (AvgIpc) is 3.30. The summed E-state index contributed by atoms with van der Waals surface area (Å²) in [6.07, 6.45) is 7.56. The van der Waals surface area contributed by atoms with Gasteiger partial charge in [-0.05, 0) is 37.8 Å². The fourth-order valence-corrected chi connectivity index (χ4v) is 3.63. The third kappa shape index (κ3) is 3.63. The lowest BCUT2D eigenvalue weighted by atomic mass is 9.92. The maximum Gasteiger partial charge on any atom is 0.227 e. The van der Waals surface area contributed by atoms with E-state index >= 15 is 0 Å². The van der Waals surface area contributed by atoms with Crippen molar-refractivity contribution < 1.29 is 0 Å². The molecule has 1 aromatic carbocycles. The van der Waals surface area contributed by atoms with Crippen LogP contribution in [0.2, 0.25) is 0 Å². The van der Waals surface area contributed by atoms with Crippen LogP contribution in [0, 0.1) is 0 Å². The molecule has 0 radical (unpaired) electrons. The molecule has 0 saturated heterocycles. The molecule has 3 aromatic heterocycles. The van der Waals surface area contributed by atoms with Crippen LogP contribution in [-0.4, -0.2) is 41.6 Å². The van der Waals surface area contributed by atoms with Gasteiger partial charge in [0.05, 0.1) is 17.4 Å².